The van der Waals surface area contributed by atoms with Gasteiger partial charge in [-0.1, -0.05) is 35.0 Å². The molecule has 2 N–H and O–H groups in total. The third-order valence-corrected chi connectivity index (χ3v) is 3.70. The molecule has 4 nitrogen and oxygen atoms in total. The van der Waals surface area contributed by atoms with Crippen LogP contribution in [0.1, 0.15) is 27.0 Å². The van der Waals surface area contributed by atoms with Crippen LogP contribution in [0.15, 0.2) is 47.6 Å². The first kappa shape index (κ1) is 15.5. The molecule has 0 radical (unpaired) electrons. The molecule has 108 valence electrons. The molecule has 0 aliphatic carbocycles. The predicted molar refractivity (Wildman–Crippen MR) is 91.2 cm³/mol. The Labute approximate surface area is 137 Å². The summed E-state index contributed by atoms with van der Waals surface area (Å²) in [5, 5.41) is 3.71. The Bertz CT molecular complexity index is 694. The van der Waals surface area contributed by atoms with Crippen LogP contribution in [0.5, 0.6) is 0 Å². The van der Waals surface area contributed by atoms with Crippen LogP contribution in [0.4, 0.5) is 0 Å². The molecule has 0 atom stereocenters. The van der Waals surface area contributed by atoms with Gasteiger partial charge in [0.15, 0.2) is 5.84 Å². The number of carbonyl (C=O) groups excluding carboxylic acids is 1. The molecule has 0 bridgehead atoms. The Balaban J connectivity index is 2.14. The van der Waals surface area contributed by atoms with Gasteiger partial charge < -0.3 is 10.6 Å². The highest BCUT2D eigenvalue weighted by Crippen LogP contribution is 2.12. The van der Waals surface area contributed by atoms with Crippen molar-refractivity contribution in [1.29, 1.82) is 0 Å². The lowest BCUT2D eigenvalue weighted by Gasteiger charge is -2.05. The number of nitrogens with zero attached hydrogens (tertiary/aromatic N) is 1. The molecule has 2 aromatic carbocycles. The molecule has 0 saturated carbocycles. The number of carbonyl (C=O) groups is 1. The van der Waals surface area contributed by atoms with Gasteiger partial charge in [-0.05, 0) is 60.2 Å². The van der Waals surface area contributed by atoms with E-state index in [0.717, 1.165) is 14.7 Å². The van der Waals surface area contributed by atoms with Crippen molar-refractivity contribution < 1.29 is 9.63 Å². The van der Waals surface area contributed by atoms with E-state index in [9.17, 15) is 4.79 Å². The van der Waals surface area contributed by atoms with Gasteiger partial charge in [-0.2, -0.15) is 0 Å². The summed E-state index contributed by atoms with van der Waals surface area (Å²) in [7, 11) is 0. The normalized spacial score (nSPS) is 11.3. The minimum absolute atomic E-state index is 0.171. The molecule has 21 heavy (non-hydrogen) atoms. The summed E-state index contributed by atoms with van der Waals surface area (Å²) >= 11 is 2.20. The third kappa shape index (κ3) is 4.04. The lowest BCUT2D eigenvalue weighted by atomic mass is 10.1. The first-order valence-corrected chi connectivity index (χ1v) is 7.43. The SMILES string of the molecule is Cc1ccc(C)c(C(=O)O/N=C(/N)c2ccc(I)cc2)c1. The molecular formula is C16H15IN2O2. The molecule has 2 rings (SSSR count). The quantitative estimate of drug-likeness (QED) is 0.285. The predicted octanol–water partition coefficient (Wildman–Crippen LogP) is 3.39. The lowest BCUT2D eigenvalue weighted by Crippen LogP contribution is -2.15. The summed E-state index contributed by atoms with van der Waals surface area (Å²) in [5.74, 6) is -0.338. The minimum atomic E-state index is -0.510. The van der Waals surface area contributed by atoms with Gasteiger partial charge in [-0.3, -0.25) is 0 Å². The van der Waals surface area contributed by atoms with Crippen molar-refractivity contribution in [2.75, 3.05) is 0 Å². The van der Waals surface area contributed by atoms with Crippen LogP contribution in [0.25, 0.3) is 0 Å². The zero-order chi connectivity index (χ0) is 15.4. The Morgan fingerprint density at radius 1 is 1.14 bits per heavy atom. The number of halogens is 1. The summed E-state index contributed by atoms with van der Waals surface area (Å²) in [6, 6.07) is 13.1. The van der Waals surface area contributed by atoms with Crippen LogP contribution in [0, 0.1) is 17.4 Å². The zero-order valence-corrected chi connectivity index (χ0v) is 13.9. The van der Waals surface area contributed by atoms with Crippen molar-refractivity contribution in [3.63, 3.8) is 0 Å². The second kappa shape index (κ2) is 6.71. The van der Waals surface area contributed by atoms with Crippen molar-refractivity contribution in [2.45, 2.75) is 13.8 Å². The van der Waals surface area contributed by atoms with Gasteiger partial charge in [-0.15, -0.1) is 0 Å². The lowest BCUT2D eigenvalue weighted by molar-refractivity contribution is 0.0515. The fourth-order valence-electron chi connectivity index (χ4n) is 1.77. The summed E-state index contributed by atoms with van der Waals surface area (Å²) < 4.78 is 1.09. The van der Waals surface area contributed by atoms with E-state index in [1.807, 2.05) is 50.2 Å². The minimum Gasteiger partial charge on any atom is -0.380 e. The van der Waals surface area contributed by atoms with E-state index in [0.29, 0.717) is 11.1 Å². The average molecular weight is 394 g/mol. The molecule has 0 aromatic heterocycles. The number of nitrogens with two attached hydrogens (primary N) is 1. The highest BCUT2D eigenvalue weighted by atomic mass is 127. The zero-order valence-electron chi connectivity index (χ0n) is 11.8. The molecule has 0 amide bonds. The molecule has 0 spiro atoms. The van der Waals surface area contributed by atoms with Gasteiger partial charge in [0.2, 0.25) is 0 Å². The van der Waals surface area contributed by atoms with E-state index in [1.165, 1.54) is 0 Å². The van der Waals surface area contributed by atoms with Crippen LogP contribution < -0.4 is 5.73 Å². The van der Waals surface area contributed by atoms with Crippen molar-refractivity contribution >= 4 is 34.4 Å². The van der Waals surface area contributed by atoms with Crippen molar-refractivity contribution in [3.05, 3.63) is 68.3 Å². The van der Waals surface area contributed by atoms with E-state index < -0.39 is 5.97 Å². The number of amidine groups is 1. The van der Waals surface area contributed by atoms with E-state index >= 15 is 0 Å². The largest absolute Gasteiger partial charge is 0.380 e. The second-order valence-electron chi connectivity index (χ2n) is 4.68. The van der Waals surface area contributed by atoms with Gasteiger partial charge in [0.25, 0.3) is 0 Å². The Morgan fingerprint density at radius 3 is 2.48 bits per heavy atom. The smallest absolute Gasteiger partial charge is 0.366 e. The number of oxime groups is 1. The Hall–Kier alpha value is -1.89. The molecule has 0 saturated heterocycles. The van der Waals surface area contributed by atoms with Gasteiger partial charge in [0.05, 0.1) is 5.56 Å². The van der Waals surface area contributed by atoms with Crippen molar-refractivity contribution in [1.82, 2.24) is 0 Å². The molecule has 5 heteroatoms. The van der Waals surface area contributed by atoms with Crippen LogP contribution >= 0.6 is 22.6 Å². The fraction of sp³-hybridized carbons (Fsp3) is 0.125. The van der Waals surface area contributed by atoms with E-state index in [1.54, 1.807) is 6.07 Å². The first-order valence-electron chi connectivity index (χ1n) is 6.35. The average Bonchev–Trinajstić information content (AvgIpc) is 2.47. The number of hydrogen-bond acceptors (Lipinski definition) is 3. The molecule has 2 aromatic rings. The second-order valence-corrected chi connectivity index (χ2v) is 5.93. The standard InChI is InChI=1S/C16H15IN2O2/c1-10-3-4-11(2)14(9-10)16(20)21-19-15(18)12-5-7-13(17)8-6-12/h3-9H,1-2H3,(H2,18,19). The molecule has 0 aliphatic rings. The Morgan fingerprint density at radius 2 is 1.81 bits per heavy atom. The van der Waals surface area contributed by atoms with Gasteiger partial charge in [0.1, 0.15) is 0 Å². The Kier molecular flexibility index (Phi) is 4.95. The van der Waals surface area contributed by atoms with Gasteiger partial charge >= 0.3 is 5.97 Å². The van der Waals surface area contributed by atoms with E-state index in [-0.39, 0.29) is 5.84 Å². The molecule has 0 unspecified atom stereocenters. The van der Waals surface area contributed by atoms with Crippen molar-refractivity contribution in [2.24, 2.45) is 10.9 Å². The molecule has 0 fully saturated rings. The van der Waals surface area contributed by atoms with E-state index in [4.69, 9.17) is 10.6 Å². The van der Waals surface area contributed by atoms with Crippen LogP contribution in [0.3, 0.4) is 0 Å². The summed E-state index contributed by atoms with van der Waals surface area (Å²) in [4.78, 5) is 17.0. The molecule has 0 aliphatic heterocycles. The third-order valence-electron chi connectivity index (χ3n) is 2.98. The van der Waals surface area contributed by atoms with Gasteiger partial charge in [-0.25, -0.2) is 4.79 Å². The highest BCUT2D eigenvalue weighted by Gasteiger charge is 2.11. The maximum absolute atomic E-state index is 12.0. The maximum atomic E-state index is 12.0. The number of benzene rings is 2. The topological polar surface area (TPSA) is 64.7 Å². The summed E-state index contributed by atoms with van der Waals surface area (Å²) in [5.41, 5.74) is 8.85. The number of hydrogen-bond donors (Lipinski definition) is 1. The number of rotatable bonds is 3. The van der Waals surface area contributed by atoms with Crippen LogP contribution in [-0.4, -0.2) is 11.8 Å². The maximum Gasteiger partial charge on any atom is 0.366 e. The first-order chi connectivity index (χ1) is 9.97. The monoisotopic (exact) mass is 394 g/mol. The molecule has 0 heterocycles. The highest BCUT2D eigenvalue weighted by molar-refractivity contribution is 14.1. The van der Waals surface area contributed by atoms with Gasteiger partial charge in [0, 0.05) is 9.13 Å². The van der Waals surface area contributed by atoms with Crippen LogP contribution in [0.2, 0.25) is 0 Å². The fourth-order valence-corrected chi connectivity index (χ4v) is 2.13. The van der Waals surface area contributed by atoms with Crippen molar-refractivity contribution in [3.8, 4) is 0 Å². The van der Waals surface area contributed by atoms with E-state index in [2.05, 4.69) is 27.7 Å². The summed E-state index contributed by atoms with van der Waals surface area (Å²) in [6.07, 6.45) is 0. The number of aryl methyl sites for hydroxylation is 2. The molecular weight excluding hydrogens is 379 g/mol. The van der Waals surface area contributed by atoms with Crippen LogP contribution in [-0.2, 0) is 4.84 Å². The summed E-state index contributed by atoms with van der Waals surface area (Å²) in [6.45, 7) is 3.77.